The lowest BCUT2D eigenvalue weighted by Crippen LogP contribution is -2.20. The van der Waals surface area contributed by atoms with Gasteiger partial charge in [-0.3, -0.25) is 4.79 Å². The van der Waals surface area contributed by atoms with Crippen LogP contribution in [0.3, 0.4) is 0 Å². The highest BCUT2D eigenvalue weighted by atomic mass is 16.5. The van der Waals surface area contributed by atoms with Crippen LogP contribution < -0.4 is 0 Å². The van der Waals surface area contributed by atoms with Crippen LogP contribution in [0.1, 0.15) is 77.0 Å². The Labute approximate surface area is 158 Å². The predicted molar refractivity (Wildman–Crippen MR) is 103 cm³/mol. The van der Waals surface area contributed by atoms with Gasteiger partial charge in [-0.25, -0.2) is 0 Å². The molecular formula is C21H38O5. The number of carbonyl (C=O) groups is 1. The zero-order chi connectivity index (χ0) is 19.2. The third-order valence-corrected chi connectivity index (χ3v) is 5.45. The lowest BCUT2D eigenvalue weighted by atomic mass is 9.88. The van der Waals surface area contributed by atoms with Crippen LogP contribution in [0, 0.1) is 11.8 Å². The van der Waals surface area contributed by atoms with Gasteiger partial charge in [0.1, 0.15) is 0 Å². The molecule has 1 fully saturated rings. The van der Waals surface area contributed by atoms with E-state index >= 15 is 0 Å². The summed E-state index contributed by atoms with van der Waals surface area (Å²) in [6.45, 7) is 0.270. The van der Waals surface area contributed by atoms with E-state index in [1.54, 1.807) is 0 Å². The highest BCUT2D eigenvalue weighted by Crippen LogP contribution is 2.37. The van der Waals surface area contributed by atoms with Crippen molar-refractivity contribution < 1.29 is 24.9 Å². The number of hydrogen-bond acceptors (Lipinski definition) is 5. The van der Waals surface area contributed by atoms with Crippen molar-refractivity contribution in [3.63, 3.8) is 0 Å². The molecule has 1 rings (SSSR count). The highest BCUT2D eigenvalue weighted by molar-refractivity contribution is 5.68. The molecule has 1 saturated carbocycles. The Morgan fingerprint density at radius 2 is 1.69 bits per heavy atom. The molecule has 0 spiro atoms. The van der Waals surface area contributed by atoms with Crippen molar-refractivity contribution in [3.05, 3.63) is 12.2 Å². The van der Waals surface area contributed by atoms with Crippen molar-refractivity contribution in [1.29, 1.82) is 0 Å². The number of hydrogen-bond donors (Lipinski definition) is 3. The Morgan fingerprint density at radius 1 is 1.00 bits per heavy atom. The highest BCUT2D eigenvalue weighted by Gasteiger charge is 2.39. The second kappa shape index (κ2) is 14.2. The van der Waals surface area contributed by atoms with Gasteiger partial charge in [0.25, 0.3) is 0 Å². The van der Waals surface area contributed by atoms with E-state index in [9.17, 15) is 15.0 Å². The minimum absolute atomic E-state index is 0.0533. The van der Waals surface area contributed by atoms with Crippen LogP contribution in [0.5, 0.6) is 0 Å². The van der Waals surface area contributed by atoms with Gasteiger partial charge in [0, 0.05) is 25.4 Å². The van der Waals surface area contributed by atoms with Gasteiger partial charge in [-0.1, -0.05) is 44.3 Å². The minimum atomic E-state index is -0.444. The molecule has 1 aliphatic rings. The van der Waals surface area contributed by atoms with E-state index in [4.69, 9.17) is 5.11 Å². The summed E-state index contributed by atoms with van der Waals surface area (Å²) in [5.74, 6) is 0.0367. The molecule has 5 heteroatoms. The molecule has 0 amide bonds. The minimum Gasteiger partial charge on any atom is -0.469 e. The summed E-state index contributed by atoms with van der Waals surface area (Å²) in [4.78, 5) is 11.1. The summed E-state index contributed by atoms with van der Waals surface area (Å²) in [6, 6.07) is 0. The fourth-order valence-electron chi connectivity index (χ4n) is 3.86. The van der Waals surface area contributed by atoms with Gasteiger partial charge in [0.05, 0.1) is 19.3 Å². The van der Waals surface area contributed by atoms with Crippen LogP contribution in [0.4, 0.5) is 0 Å². The molecule has 1 aliphatic carbocycles. The summed E-state index contributed by atoms with van der Waals surface area (Å²) in [5.41, 5.74) is 0. The van der Waals surface area contributed by atoms with Crippen LogP contribution in [0.15, 0.2) is 12.2 Å². The number of rotatable bonds is 14. The molecule has 5 nitrogen and oxygen atoms in total. The zero-order valence-corrected chi connectivity index (χ0v) is 16.3. The van der Waals surface area contributed by atoms with E-state index in [1.807, 2.05) is 0 Å². The van der Waals surface area contributed by atoms with E-state index in [0.29, 0.717) is 12.8 Å². The first kappa shape index (κ1) is 23.1. The first-order valence-electron chi connectivity index (χ1n) is 10.3. The predicted octanol–water partition coefficient (Wildman–Crippen LogP) is 3.36. The lowest BCUT2D eigenvalue weighted by molar-refractivity contribution is -0.140. The van der Waals surface area contributed by atoms with Gasteiger partial charge in [-0.2, -0.15) is 0 Å². The molecule has 26 heavy (non-hydrogen) atoms. The molecule has 0 heterocycles. The maximum Gasteiger partial charge on any atom is 0.305 e. The van der Waals surface area contributed by atoms with Crippen molar-refractivity contribution >= 4 is 5.97 Å². The third kappa shape index (κ3) is 9.15. The summed E-state index contributed by atoms with van der Waals surface area (Å²) in [7, 11) is 1.41. The molecule has 152 valence electrons. The van der Waals surface area contributed by atoms with Crippen LogP contribution in [0.2, 0.25) is 0 Å². The largest absolute Gasteiger partial charge is 0.469 e. The van der Waals surface area contributed by atoms with Crippen molar-refractivity contribution in [2.24, 2.45) is 11.8 Å². The van der Waals surface area contributed by atoms with Crippen LogP contribution in [-0.2, 0) is 9.53 Å². The summed E-state index contributed by atoms with van der Waals surface area (Å²) < 4.78 is 4.63. The standard InChI is InChI=1S/C21H38O5/c1-26-21(25)14-10-6-5-9-13-18-17(19(23)16-20(18)24)12-8-4-2-3-7-11-15-22/h8,12,17-20,22-24H,2-7,9-11,13-16H2,1H3/t17-,18+,19+,20+/m0/s1. The number of carbonyl (C=O) groups excluding carboxylic acids is 1. The van der Waals surface area contributed by atoms with Gasteiger partial charge in [-0.15, -0.1) is 0 Å². The lowest BCUT2D eigenvalue weighted by Gasteiger charge is -2.20. The number of methoxy groups -OCH3 is 1. The van der Waals surface area contributed by atoms with Crippen molar-refractivity contribution in [2.75, 3.05) is 13.7 Å². The molecular weight excluding hydrogens is 332 g/mol. The normalized spacial score (nSPS) is 25.8. The average Bonchev–Trinajstić information content (AvgIpc) is 2.90. The summed E-state index contributed by atoms with van der Waals surface area (Å²) in [5, 5.41) is 29.3. The van der Waals surface area contributed by atoms with E-state index in [0.717, 1.165) is 64.2 Å². The molecule has 4 atom stereocenters. The maximum absolute atomic E-state index is 11.1. The maximum atomic E-state index is 11.1. The Morgan fingerprint density at radius 3 is 2.42 bits per heavy atom. The molecule has 0 unspecified atom stereocenters. The number of aliphatic hydroxyl groups is 3. The Balaban J connectivity index is 2.25. The SMILES string of the molecule is COC(=O)CCCCCC[C@@H]1[C@H](C=CCCCCCCO)[C@H](O)C[C@H]1O. The molecule has 0 aromatic carbocycles. The van der Waals surface area contributed by atoms with Crippen molar-refractivity contribution in [1.82, 2.24) is 0 Å². The molecule has 0 bridgehead atoms. The van der Waals surface area contributed by atoms with Crippen LogP contribution in [-0.4, -0.2) is 47.2 Å². The fraction of sp³-hybridized carbons (Fsp3) is 0.857. The second-order valence-electron chi connectivity index (χ2n) is 7.50. The second-order valence-corrected chi connectivity index (χ2v) is 7.50. The first-order chi connectivity index (χ1) is 12.6. The fourth-order valence-corrected chi connectivity index (χ4v) is 3.86. The van der Waals surface area contributed by atoms with E-state index in [2.05, 4.69) is 16.9 Å². The van der Waals surface area contributed by atoms with Gasteiger partial charge in [-0.05, 0) is 38.0 Å². The topological polar surface area (TPSA) is 87.0 Å². The molecule has 0 radical (unpaired) electrons. The van der Waals surface area contributed by atoms with Crippen molar-refractivity contribution in [2.45, 2.75) is 89.3 Å². The van der Waals surface area contributed by atoms with Gasteiger partial charge in [0.2, 0.25) is 0 Å². The molecule has 3 N–H and O–H groups in total. The van der Waals surface area contributed by atoms with E-state index < -0.39 is 12.2 Å². The van der Waals surface area contributed by atoms with Crippen molar-refractivity contribution in [3.8, 4) is 0 Å². The number of esters is 1. The summed E-state index contributed by atoms with van der Waals surface area (Å²) in [6.07, 6.45) is 14.3. The van der Waals surface area contributed by atoms with E-state index in [1.165, 1.54) is 7.11 Å². The third-order valence-electron chi connectivity index (χ3n) is 5.45. The first-order valence-corrected chi connectivity index (χ1v) is 10.3. The Kier molecular flexibility index (Phi) is 12.6. The van der Waals surface area contributed by atoms with Gasteiger partial charge in [0.15, 0.2) is 0 Å². The zero-order valence-electron chi connectivity index (χ0n) is 16.3. The van der Waals surface area contributed by atoms with Crippen LogP contribution in [0.25, 0.3) is 0 Å². The monoisotopic (exact) mass is 370 g/mol. The average molecular weight is 371 g/mol. The molecule has 0 saturated heterocycles. The number of allylic oxidation sites excluding steroid dienone is 1. The summed E-state index contributed by atoms with van der Waals surface area (Å²) >= 11 is 0. The quantitative estimate of drug-likeness (QED) is 0.248. The Hall–Kier alpha value is -0.910. The number of aliphatic hydroxyl groups excluding tert-OH is 3. The van der Waals surface area contributed by atoms with E-state index in [-0.39, 0.29) is 24.4 Å². The number of ether oxygens (including phenoxy) is 1. The Bertz CT molecular complexity index is 396. The smallest absolute Gasteiger partial charge is 0.305 e. The number of unbranched alkanes of at least 4 members (excludes halogenated alkanes) is 7. The van der Waals surface area contributed by atoms with Gasteiger partial charge >= 0.3 is 5.97 Å². The molecule has 0 aromatic heterocycles. The van der Waals surface area contributed by atoms with Gasteiger partial charge < -0.3 is 20.1 Å². The van der Waals surface area contributed by atoms with Crippen LogP contribution >= 0.6 is 0 Å². The molecule has 0 aliphatic heterocycles. The molecule has 0 aromatic rings.